The highest BCUT2D eigenvalue weighted by molar-refractivity contribution is 5.65. The van der Waals surface area contributed by atoms with E-state index in [1.807, 2.05) is 0 Å². The zero-order chi connectivity index (χ0) is 11.6. The number of hydrogen-bond acceptors (Lipinski definition) is 7. The van der Waals surface area contributed by atoms with Crippen LogP contribution in [0.15, 0.2) is 0 Å². The Labute approximate surface area is 85.9 Å². The van der Waals surface area contributed by atoms with Gasteiger partial charge in [0.05, 0.1) is 0 Å². The van der Waals surface area contributed by atoms with Gasteiger partial charge in [-0.1, -0.05) is 0 Å². The molecule has 1 heterocycles. The van der Waals surface area contributed by atoms with Crippen molar-refractivity contribution in [3.63, 3.8) is 0 Å². The number of carbonyl (C=O) groups excluding carboxylic acids is 1. The minimum atomic E-state index is -1.61. The van der Waals surface area contributed by atoms with E-state index in [9.17, 15) is 15.0 Å². The fourth-order valence-corrected chi connectivity index (χ4v) is 1.27. The highest BCUT2D eigenvalue weighted by atomic mass is 16.6. The van der Waals surface area contributed by atoms with E-state index in [1.165, 1.54) is 6.92 Å². The number of rotatable bonds is 2. The summed E-state index contributed by atoms with van der Waals surface area (Å²) in [5.41, 5.74) is 0. The Balaban J connectivity index is 2.54. The summed E-state index contributed by atoms with van der Waals surface area (Å²) in [5.74, 6) is -0.569. The molecule has 15 heavy (non-hydrogen) atoms. The van der Waals surface area contributed by atoms with E-state index in [2.05, 4.69) is 4.74 Å². The number of esters is 1. The first-order chi connectivity index (χ1) is 6.93. The zero-order valence-corrected chi connectivity index (χ0v) is 8.11. The molecule has 4 N–H and O–H groups in total. The molecule has 1 saturated heterocycles. The Morgan fingerprint density at radius 3 is 2.33 bits per heavy atom. The molecular formula is C8H14O7. The SMILES string of the molecule is CC(=O)OC[C@@H]1O[C@@H](O)[C@@H](O)[C@H](O)[C@@H]1O. The molecule has 0 unspecified atom stereocenters. The Kier molecular flexibility index (Phi) is 4.00. The summed E-state index contributed by atoms with van der Waals surface area (Å²) in [6.45, 7) is 0.883. The molecule has 7 nitrogen and oxygen atoms in total. The topological polar surface area (TPSA) is 116 Å². The van der Waals surface area contributed by atoms with Gasteiger partial charge < -0.3 is 29.9 Å². The van der Waals surface area contributed by atoms with Crippen molar-refractivity contribution in [2.75, 3.05) is 6.61 Å². The van der Waals surface area contributed by atoms with Gasteiger partial charge in [0.25, 0.3) is 0 Å². The van der Waals surface area contributed by atoms with Crippen LogP contribution in [0.4, 0.5) is 0 Å². The zero-order valence-electron chi connectivity index (χ0n) is 8.11. The second-order valence-electron chi connectivity index (χ2n) is 3.34. The minimum absolute atomic E-state index is 0.294. The van der Waals surface area contributed by atoms with Crippen LogP contribution in [0.3, 0.4) is 0 Å². The molecule has 0 saturated carbocycles. The first-order valence-corrected chi connectivity index (χ1v) is 4.44. The van der Waals surface area contributed by atoms with Gasteiger partial charge in [0.15, 0.2) is 6.29 Å². The lowest BCUT2D eigenvalue weighted by molar-refractivity contribution is -0.287. The van der Waals surface area contributed by atoms with Crippen LogP contribution in [0.2, 0.25) is 0 Å². The average Bonchev–Trinajstić information content (AvgIpc) is 2.18. The van der Waals surface area contributed by atoms with Gasteiger partial charge in [0.2, 0.25) is 0 Å². The number of hydrogen-bond donors (Lipinski definition) is 4. The minimum Gasteiger partial charge on any atom is -0.463 e. The van der Waals surface area contributed by atoms with Crippen molar-refractivity contribution in [3.8, 4) is 0 Å². The maximum atomic E-state index is 10.5. The number of aliphatic hydroxyl groups excluding tert-OH is 4. The highest BCUT2D eigenvalue weighted by Gasteiger charge is 2.43. The van der Waals surface area contributed by atoms with Crippen LogP contribution in [0.1, 0.15) is 6.92 Å². The molecule has 1 fully saturated rings. The third-order valence-corrected chi connectivity index (χ3v) is 2.14. The van der Waals surface area contributed by atoms with Crippen LogP contribution in [-0.2, 0) is 14.3 Å². The summed E-state index contributed by atoms with van der Waals surface area (Å²) in [4.78, 5) is 10.5. The van der Waals surface area contributed by atoms with Crippen molar-refractivity contribution in [2.45, 2.75) is 37.6 Å². The van der Waals surface area contributed by atoms with E-state index in [0.717, 1.165) is 0 Å². The molecule has 0 aromatic carbocycles. The number of aliphatic hydroxyl groups is 4. The van der Waals surface area contributed by atoms with E-state index in [4.69, 9.17) is 14.9 Å². The summed E-state index contributed by atoms with van der Waals surface area (Å²) in [6, 6.07) is 0. The molecule has 1 aliphatic heterocycles. The molecule has 0 radical (unpaired) electrons. The molecule has 1 rings (SSSR count). The summed E-state index contributed by atoms with van der Waals surface area (Å²) in [6.07, 6.45) is -7.18. The van der Waals surface area contributed by atoms with Crippen LogP contribution in [-0.4, -0.2) is 63.7 Å². The van der Waals surface area contributed by atoms with Gasteiger partial charge in [-0.2, -0.15) is 0 Å². The third-order valence-electron chi connectivity index (χ3n) is 2.14. The Morgan fingerprint density at radius 2 is 1.80 bits per heavy atom. The van der Waals surface area contributed by atoms with Crippen molar-refractivity contribution in [2.24, 2.45) is 0 Å². The van der Waals surface area contributed by atoms with Crippen molar-refractivity contribution in [1.82, 2.24) is 0 Å². The van der Waals surface area contributed by atoms with Crippen molar-refractivity contribution < 1.29 is 34.7 Å². The molecule has 1 aliphatic rings. The Hall–Kier alpha value is -0.730. The van der Waals surface area contributed by atoms with Gasteiger partial charge in [-0.05, 0) is 0 Å². The molecular weight excluding hydrogens is 208 g/mol. The molecule has 7 heteroatoms. The van der Waals surface area contributed by atoms with E-state index in [-0.39, 0.29) is 6.61 Å². The summed E-state index contributed by atoms with van der Waals surface area (Å²) < 4.78 is 9.31. The molecule has 0 amide bonds. The van der Waals surface area contributed by atoms with Crippen LogP contribution in [0.5, 0.6) is 0 Å². The normalized spacial score (nSPS) is 41.3. The lowest BCUT2D eigenvalue weighted by Gasteiger charge is -2.37. The van der Waals surface area contributed by atoms with E-state index >= 15 is 0 Å². The smallest absolute Gasteiger partial charge is 0.302 e. The van der Waals surface area contributed by atoms with E-state index in [0.29, 0.717) is 0 Å². The van der Waals surface area contributed by atoms with Crippen LogP contribution in [0.25, 0.3) is 0 Å². The standard InChI is InChI=1S/C8H14O7/c1-3(9)14-2-4-5(10)6(11)7(12)8(13)15-4/h4-8,10-13H,2H2,1H3/t4-,5+,6+,7-,8+/m0/s1. The van der Waals surface area contributed by atoms with E-state index in [1.54, 1.807) is 0 Å². The van der Waals surface area contributed by atoms with Gasteiger partial charge in [-0.15, -0.1) is 0 Å². The fraction of sp³-hybridized carbons (Fsp3) is 0.875. The molecule has 0 aromatic rings. The van der Waals surface area contributed by atoms with Gasteiger partial charge >= 0.3 is 5.97 Å². The molecule has 0 aromatic heterocycles. The Morgan fingerprint density at radius 1 is 1.20 bits per heavy atom. The largest absolute Gasteiger partial charge is 0.463 e. The predicted octanol–water partition coefficient (Wildman–Crippen LogP) is -2.65. The van der Waals surface area contributed by atoms with Gasteiger partial charge in [0.1, 0.15) is 31.0 Å². The maximum Gasteiger partial charge on any atom is 0.302 e. The second-order valence-corrected chi connectivity index (χ2v) is 3.34. The molecule has 0 aliphatic carbocycles. The van der Waals surface area contributed by atoms with Gasteiger partial charge in [-0.25, -0.2) is 0 Å². The number of carbonyl (C=O) groups is 1. The quantitative estimate of drug-likeness (QED) is 0.377. The monoisotopic (exact) mass is 222 g/mol. The first-order valence-electron chi connectivity index (χ1n) is 4.44. The molecule has 5 atom stereocenters. The van der Waals surface area contributed by atoms with Crippen LogP contribution >= 0.6 is 0 Å². The van der Waals surface area contributed by atoms with Crippen LogP contribution < -0.4 is 0 Å². The lowest BCUT2D eigenvalue weighted by Crippen LogP contribution is -2.58. The highest BCUT2D eigenvalue weighted by Crippen LogP contribution is 2.19. The van der Waals surface area contributed by atoms with Gasteiger partial charge in [-0.3, -0.25) is 4.79 Å². The average molecular weight is 222 g/mol. The summed E-state index contributed by atoms with van der Waals surface area (Å²) in [5, 5.41) is 36.9. The molecule has 0 spiro atoms. The van der Waals surface area contributed by atoms with Crippen LogP contribution in [0, 0.1) is 0 Å². The van der Waals surface area contributed by atoms with Crippen molar-refractivity contribution >= 4 is 5.97 Å². The maximum absolute atomic E-state index is 10.5. The van der Waals surface area contributed by atoms with Crippen molar-refractivity contribution in [3.05, 3.63) is 0 Å². The molecule has 0 bridgehead atoms. The predicted molar refractivity (Wildman–Crippen MR) is 45.5 cm³/mol. The Bertz CT molecular complexity index is 231. The molecule has 88 valence electrons. The number of ether oxygens (including phenoxy) is 2. The fourth-order valence-electron chi connectivity index (χ4n) is 1.27. The lowest BCUT2D eigenvalue weighted by atomic mass is 9.99. The third kappa shape index (κ3) is 2.86. The summed E-state index contributed by atoms with van der Waals surface area (Å²) in [7, 11) is 0. The van der Waals surface area contributed by atoms with Crippen molar-refractivity contribution in [1.29, 1.82) is 0 Å². The van der Waals surface area contributed by atoms with E-state index < -0.39 is 36.7 Å². The second kappa shape index (κ2) is 4.86. The van der Waals surface area contributed by atoms with Gasteiger partial charge in [0, 0.05) is 6.92 Å². The first kappa shape index (κ1) is 12.3. The summed E-state index contributed by atoms with van der Waals surface area (Å²) >= 11 is 0.